The van der Waals surface area contributed by atoms with Gasteiger partial charge in [-0.3, -0.25) is 0 Å². The first-order chi connectivity index (χ1) is 7.24. The van der Waals surface area contributed by atoms with Crippen molar-refractivity contribution in [1.29, 1.82) is 0 Å². The Morgan fingerprint density at radius 1 is 1.40 bits per heavy atom. The smallest absolute Gasteiger partial charge is 0.323 e. The molecule has 7 heteroatoms. The Morgan fingerprint density at radius 3 is 2.93 bits per heavy atom. The highest BCUT2D eigenvalue weighted by atomic mass is 35.5. The molecule has 2 aromatic rings. The molecule has 78 valence electrons. The first kappa shape index (κ1) is 9.72. The highest BCUT2D eigenvalue weighted by Gasteiger charge is 2.04. The van der Waals surface area contributed by atoms with Gasteiger partial charge in [0.1, 0.15) is 12.4 Å². The van der Waals surface area contributed by atoms with Crippen LogP contribution in [0.3, 0.4) is 0 Å². The van der Waals surface area contributed by atoms with Crippen LogP contribution < -0.4 is 10.5 Å². The Hall–Kier alpha value is -1.82. The molecule has 6 nitrogen and oxygen atoms in total. The Bertz CT molecular complexity index is 426. The van der Waals surface area contributed by atoms with E-state index in [0.29, 0.717) is 5.76 Å². The van der Waals surface area contributed by atoms with Gasteiger partial charge in [0.2, 0.25) is 11.2 Å². The first-order valence-electron chi connectivity index (χ1n) is 4.06. The molecule has 2 heterocycles. The van der Waals surface area contributed by atoms with Crippen LogP contribution >= 0.6 is 11.6 Å². The molecular weight excluding hydrogens is 220 g/mol. The number of anilines is 1. The second-order valence-electron chi connectivity index (χ2n) is 2.61. The maximum Gasteiger partial charge on any atom is 0.323 e. The molecule has 2 rings (SSSR count). The minimum Gasteiger partial charge on any atom is -0.466 e. The van der Waals surface area contributed by atoms with Gasteiger partial charge in [0, 0.05) is 0 Å². The third kappa shape index (κ3) is 2.57. The van der Waals surface area contributed by atoms with E-state index in [2.05, 4.69) is 15.0 Å². The summed E-state index contributed by atoms with van der Waals surface area (Å²) in [6.45, 7) is 0.215. The van der Waals surface area contributed by atoms with E-state index in [1.165, 1.54) is 0 Å². The Balaban J connectivity index is 2.05. The monoisotopic (exact) mass is 226 g/mol. The summed E-state index contributed by atoms with van der Waals surface area (Å²) < 4.78 is 10.2. The molecule has 2 N–H and O–H groups in total. The van der Waals surface area contributed by atoms with Crippen LogP contribution in [-0.4, -0.2) is 15.0 Å². The second kappa shape index (κ2) is 4.14. The van der Waals surface area contributed by atoms with Crippen molar-refractivity contribution in [1.82, 2.24) is 15.0 Å². The molecule has 0 aliphatic heterocycles. The van der Waals surface area contributed by atoms with E-state index in [4.69, 9.17) is 26.5 Å². The number of halogens is 1. The van der Waals surface area contributed by atoms with Crippen molar-refractivity contribution in [2.45, 2.75) is 6.61 Å². The maximum atomic E-state index is 5.57. The van der Waals surface area contributed by atoms with Crippen LogP contribution in [-0.2, 0) is 6.61 Å². The van der Waals surface area contributed by atoms with E-state index < -0.39 is 0 Å². The van der Waals surface area contributed by atoms with Gasteiger partial charge in [-0.15, -0.1) is 0 Å². The lowest BCUT2D eigenvalue weighted by Gasteiger charge is -2.02. The molecule has 0 amide bonds. The molecule has 0 saturated heterocycles. The van der Waals surface area contributed by atoms with Gasteiger partial charge in [0.25, 0.3) is 0 Å². The molecule has 0 aliphatic carbocycles. The van der Waals surface area contributed by atoms with Gasteiger partial charge in [-0.25, -0.2) is 0 Å². The summed E-state index contributed by atoms with van der Waals surface area (Å²) in [5, 5.41) is -0.00283. The second-order valence-corrected chi connectivity index (χ2v) is 2.95. The molecule has 0 bridgehead atoms. The maximum absolute atomic E-state index is 5.57. The number of ether oxygens (including phenoxy) is 1. The van der Waals surface area contributed by atoms with Gasteiger partial charge < -0.3 is 14.9 Å². The number of aromatic nitrogens is 3. The quantitative estimate of drug-likeness (QED) is 0.848. The summed E-state index contributed by atoms with van der Waals surface area (Å²) in [5.41, 5.74) is 5.36. The highest BCUT2D eigenvalue weighted by Crippen LogP contribution is 2.11. The number of hydrogen-bond donors (Lipinski definition) is 1. The fraction of sp³-hybridized carbons (Fsp3) is 0.125. The van der Waals surface area contributed by atoms with E-state index in [1.807, 2.05) is 0 Å². The van der Waals surface area contributed by atoms with Gasteiger partial charge in [0.05, 0.1) is 6.26 Å². The van der Waals surface area contributed by atoms with E-state index in [0.717, 1.165) is 0 Å². The van der Waals surface area contributed by atoms with Crippen LogP contribution in [0, 0.1) is 0 Å². The van der Waals surface area contributed by atoms with E-state index in [1.54, 1.807) is 18.4 Å². The van der Waals surface area contributed by atoms with Gasteiger partial charge in [0.15, 0.2) is 0 Å². The summed E-state index contributed by atoms with van der Waals surface area (Å²) >= 11 is 5.57. The van der Waals surface area contributed by atoms with Crippen molar-refractivity contribution in [3.8, 4) is 6.01 Å². The Labute approximate surface area is 90.1 Å². The minimum absolute atomic E-state index is 0.00283. The van der Waals surface area contributed by atoms with E-state index in [-0.39, 0.29) is 23.8 Å². The van der Waals surface area contributed by atoms with E-state index >= 15 is 0 Å². The predicted molar refractivity (Wildman–Crippen MR) is 52.3 cm³/mol. The number of nitrogen functional groups attached to an aromatic ring is 1. The van der Waals surface area contributed by atoms with Crippen LogP contribution in [0.2, 0.25) is 5.28 Å². The molecular formula is C8H7ClN4O2. The third-order valence-corrected chi connectivity index (χ3v) is 1.70. The lowest BCUT2D eigenvalue weighted by Crippen LogP contribution is -2.03. The molecule has 0 aromatic carbocycles. The largest absolute Gasteiger partial charge is 0.466 e. The predicted octanol–water partition coefficient (Wildman–Crippen LogP) is 1.28. The highest BCUT2D eigenvalue weighted by molar-refractivity contribution is 6.28. The summed E-state index contributed by atoms with van der Waals surface area (Å²) in [7, 11) is 0. The van der Waals surface area contributed by atoms with E-state index in [9.17, 15) is 0 Å². The molecule has 0 saturated carbocycles. The number of nitrogens with zero attached hydrogens (tertiary/aromatic N) is 3. The minimum atomic E-state index is -0.00283. The Morgan fingerprint density at radius 2 is 2.27 bits per heavy atom. The van der Waals surface area contributed by atoms with Crippen molar-refractivity contribution in [2.75, 3.05) is 5.73 Å². The van der Waals surface area contributed by atoms with Gasteiger partial charge in [-0.05, 0) is 23.7 Å². The number of nitrogens with two attached hydrogens (primary N) is 1. The lowest BCUT2D eigenvalue weighted by molar-refractivity contribution is 0.250. The third-order valence-electron chi connectivity index (χ3n) is 1.53. The van der Waals surface area contributed by atoms with Crippen molar-refractivity contribution in [2.24, 2.45) is 0 Å². The fourth-order valence-electron chi connectivity index (χ4n) is 0.941. The summed E-state index contributed by atoms with van der Waals surface area (Å²) in [4.78, 5) is 11.1. The zero-order chi connectivity index (χ0) is 10.7. The average Bonchev–Trinajstić information content (AvgIpc) is 2.65. The van der Waals surface area contributed by atoms with Crippen molar-refractivity contribution in [3.63, 3.8) is 0 Å². The lowest BCUT2D eigenvalue weighted by atomic mass is 10.5. The zero-order valence-electron chi connectivity index (χ0n) is 7.55. The van der Waals surface area contributed by atoms with Crippen LogP contribution in [0.15, 0.2) is 22.8 Å². The number of rotatable bonds is 3. The molecule has 15 heavy (non-hydrogen) atoms. The van der Waals surface area contributed by atoms with Gasteiger partial charge in [-0.1, -0.05) is 0 Å². The zero-order valence-corrected chi connectivity index (χ0v) is 8.31. The summed E-state index contributed by atoms with van der Waals surface area (Å²) in [6.07, 6.45) is 1.55. The first-order valence-corrected chi connectivity index (χ1v) is 4.44. The van der Waals surface area contributed by atoms with Crippen LogP contribution in [0.5, 0.6) is 6.01 Å². The van der Waals surface area contributed by atoms with Crippen LogP contribution in [0.25, 0.3) is 0 Å². The van der Waals surface area contributed by atoms with Gasteiger partial charge >= 0.3 is 6.01 Å². The summed E-state index contributed by atoms with van der Waals surface area (Å²) in [6, 6.07) is 3.60. The Kier molecular flexibility index (Phi) is 2.68. The van der Waals surface area contributed by atoms with Crippen molar-refractivity contribution in [3.05, 3.63) is 29.4 Å². The topological polar surface area (TPSA) is 87.1 Å². The van der Waals surface area contributed by atoms with Crippen LogP contribution in [0.4, 0.5) is 5.95 Å². The molecule has 0 unspecified atom stereocenters. The standard InChI is InChI=1S/C8H7ClN4O2/c9-6-11-7(10)13-8(12-6)15-4-5-2-1-3-14-5/h1-3H,4H2,(H2,10,11,12,13). The van der Waals surface area contributed by atoms with Crippen molar-refractivity contribution >= 4 is 17.5 Å². The molecule has 0 atom stereocenters. The summed E-state index contributed by atoms with van der Waals surface area (Å²) in [5.74, 6) is 0.676. The average molecular weight is 227 g/mol. The van der Waals surface area contributed by atoms with Crippen LogP contribution in [0.1, 0.15) is 5.76 Å². The molecule has 0 fully saturated rings. The fourth-order valence-corrected chi connectivity index (χ4v) is 1.10. The van der Waals surface area contributed by atoms with Gasteiger partial charge in [-0.2, -0.15) is 15.0 Å². The number of hydrogen-bond acceptors (Lipinski definition) is 6. The van der Waals surface area contributed by atoms with Crippen molar-refractivity contribution < 1.29 is 9.15 Å². The number of furan rings is 1. The normalized spacial score (nSPS) is 10.2. The molecule has 0 aliphatic rings. The molecule has 2 aromatic heterocycles. The molecule has 0 radical (unpaired) electrons. The molecule has 0 spiro atoms. The SMILES string of the molecule is Nc1nc(Cl)nc(OCc2ccco2)n1.